The van der Waals surface area contributed by atoms with E-state index in [0.29, 0.717) is 10.6 Å². The number of aromatic nitrogens is 1. The fourth-order valence-electron chi connectivity index (χ4n) is 1.49. The first kappa shape index (κ1) is 14.5. The molecule has 0 aliphatic rings. The summed E-state index contributed by atoms with van der Waals surface area (Å²) in [5.74, 6) is -1.01. The first-order valence-electron chi connectivity index (χ1n) is 5.63. The van der Waals surface area contributed by atoms with Crippen LogP contribution >= 0.6 is 23.2 Å². The highest BCUT2D eigenvalue weighted by Gasteiger charge is 2.14. The van der Waals surface area contributed by atoms with E-state index in [4.69, 9.17) is 27.9 Å². The average molecular weight is 310 g/mol. The second kappa shape index (κ2) is 6.50. The van der Waals surface area contributed by atoms with E-state index in [1.54, 1.807) is 6.07 Å². The number of ether oxygens (including phenoxy) is 1. The van der Waals surface area contributed by atoms with E-state index in [-0.39, 0.29) is 10.6 Å². The van der Waals surface area contributed by atoms with Crippen LogP contribution in [0.2, 0.25) is 10.0 Å². The SMILES string of the molecule is O=C(OCC(=O)c1cc(Cl)ccc1Cl)c1ccncc1. The Hall–Kier alpha value is -1.91. The van der Waals surface area contributed by atoms with Gasteiger partial charge in [0, 0.05) is 23.0 Å². The Labute approximate surface area is 125 Å². The molecule has 0 spiro atoms. The zero-order chi connectivity index (χ0) is 14.5. The lowest BCUT2D eigenvalue weighted by atomic mass is 10.1. The van der Waals surface area contributed by atoms with E-state index in [9.17, 15) is 9.59 Å². The standard InChI is InChI=1S/C14H9Cl2NO3/c15-10-1-2-12(16)11(7-10)13(18)8-20-14(19)9-3-5-17-6-4-9/h1-7H,8H2. The van der Waals surface area contributed by atoms with E-state index in [0.717, 1.165) is 0 Å². The summed E-state index contributed by atoms with van der Waals surface area (Å²) in [5.41, 5.74) is 0.548. The molecule has 2 rings (SSSR count). The topological polar surface area (TPSA) is 56.3 Å². The Morgan fingerprint density at radius 2 is 1.80 bits per heavy atom. The molecular formula is C14H9Cl2NO3. The summed E-state index contributed by atoms with van der Waals surface area (Å²) in [6, 6.07) is 7.52. The van der Waals surface area contributed by atoms with Gasteiger partial charge in [-0.05, 0) is 30.3 Å². The van der Waals surface area contributed by atoms with Crippen LogP contribution in [0.4, 0.5) is 0 Å². The second-order valence-electron chi connectivity index (χ2n) is 3.86. The number of nitrogens with zero attached hydrogens (tertiary/aromatic N) is 1. The zero-order valence-electron chi connectivity index (χ0n) is 10.2. The quantitative estimate of drug-likeness (QED) is 0.641. The Kier molecular flexibility index (Phi) is 4.71. The lowest BCUT2D eigenvalue weighted by Crippen LogP contribution is -2.14. The number of rotatable bonds is 4. The Bertz CT molecular complexity index is 644. The highest BCUT2D eigenvalue weighted by Crippen LogP contribution is 2.21. The van der Waals surface area contributed by atoms with Crippen LogP contribution in [0, 0.1) is 0 Å². The number of benzene rings is 1. The van der Waals surface area contributed by atoms with Crippen LogP contribution in [-0.2, 0) is 4.74 Å². The van der Waals surface area contributed by atoms with Gasteiger partial charge in [0.25, 0.3) is 0 Å². The van der Waals surface area contributed by atoms with Gasteiger partial charge in [0.15, 0.2) is 6.61 Å². The smallest absolute Gasteiger partial charge is 0.338 e. The molecule has 0 atom stereocenters. The molecule has 0 aliphatic carbocycles. The Morgan fingerprint density at radius 3 is 2.50 bits per heavy atom. The summed E-state index contributed by atoms with van der Waals surface area (Å²) < 4.78 is 4.92. The molecule has 0 unspecified atom stereocenters. The lowest BCUT2D eigenvalue weighted by Gasteiger charge is -2.06. The van der Waals surface area contributed by atoms with Crippen LogP contribution in [0.1, 0.15) is 20.7 Å². The number of carbonyl (C=O) groups excluding carboxylic acids is 2. The van der Waals surface area contributed by atoms with Gasteiger partial charge < -0.3 is 4.74 Å². The van der Waals surface area contributed by atoms with Crippen molar-refractivity contribution in [2.75, 3.05) is 6.61 Å². The van der Waals surface area contributed by atoms with E-state index in [1.165, 1.54) is 36.7 Å². The summed E-state index contributed by atoms with van der Waals surface area (Å²) in [6.45, 7) is -0.402. The van der Waals surface area contributed by atoms with E-state index in [1.807, 2.05) is 0 Å². The second-order valence-corrected chi connectivity index (χ2v) is 4.70. The minimum absolute atomic E-state index is 0.224. The van der Waals surface area contributed by atoms with Gasteiger partial charge in [0.05, 0.1) is 10.6 Å². The molecule has 0 saturated heterocycles. The molecule has 0 amide bonds. The molecule has 102 valence electrons. The van der Waals surface area contributed by atoms with Crippen molar-refractivity contribution in [3.63, 3.8) is 0 Å². The number of ketones is 1. The highest BCUT2D eigenvalue weighted by atomic mass is 35.5. The van der Waals surface area contributed by atoms with Gasteiger partial charge in [-0.1, -0.05) is 23.2 Å². The van der Waals surface area contributed by atoms with Crippen LogP contribution in [0.25, 0.3) is 0 Å². The summed E-state index contributed by atoms with van der Waals surface area (Å²) in [6.07, 6.45) is 2.93. The van der Waals surface area contributed by atoms with Gasteiger partial charge in [-0.2, -0.15) is 0 Å². The van der Waals surface area contributed by atoms with Gasteiger partial charge in [-0.15, -0.1) is 0 Å². The molecule has 0 radical (unpaired) electrons. The molecule has 2 aromatic rings. The first-order valence-corrected chi connectivity index (χ1v) is 6.39. The number of halogens is 2. The monoisotopic (exact) mass is 309 g/mol. The molecule has 4 nitrogen and oxygen atoms in total. The van der Waals surface area contributed by atoms with Gasteiger partial charge >= 0.3 is 5.97 Å². The molecule has 1 aromatic carbocycles. The van der Waals surface area contributed by atoms with Crippen molar-refractivity contribution in [3.8, 4) is 0 Å². The third-order valence-corrected chi connectivity index (χ3v) is 3.04. The van der Waals surface area contributed by atoms with Crippen LogP contribution in [0.15, 0.2) is 42.7 Å². The Morgan fingerprint density at radius 1 is 1.10 bits per heavy atom. The fraction of sp³-hybridized carbons (Fsp3) is 0.0714. The van der Waals surface area contributed by atoms with E-state index < -0.39 is 18.4 Å². The van der Waals surface area contributed by atoms with Crippen molar-refractivity contribution in [2.24, 2.45) is 0 Å². The largest absolute Gasteiger partial charge is 0.454 e. The zero-order valence-corrected chi connectivity index (χ0v) is 11.7. The molecule has 1 heterocycles. The molecule has 0 saturated carbocycles. The maximum Gasteiger partial charge on any atom is 0.338 e. The third-order valence-electron chi connectivity index (χ3n) is 2.48. The van der Waals surface area contributed by atoms with Gasteiger partial charge in [0.1, 0.15) is 0 Å². The molecule has 20 heavy (non-hydrogen) atoms. The van der Waals surface area contributed by atoms with Gasteiger partial charge in [-0.25, -0.2) is 4.79 Å². The number of esters is 1. The number of hydrogen-bond acceptors (Lipinski definition) is 4. The molecule has 0 N–H and O–H groups in total. The molecule has 1 aromatic heterocycles. The van der Waals surface area contributed by atoms with Crippen molar-refractivity contribution < 1.29 is 14.3 Å². The number of carbonyl (C=O) groups is 2. The summed E-state index contributed by atoms with van der Waals surface area (Å²) in [4.78, 5) is 27.4. The highest BCUT2D eigenvalue weighted by molar-refractivity contribution is 6.36. The molecule has 6 heteroatoms. The number of pyridine rings is 1. The van der Waals surface area contributed by atoms with Crippen LogP contribution < -0.4 is 0 Å². The fourth-order valence-corrected chi connectivity index (χ4v) is 1.89. The van der Waals surface area contributed by atoms with Crippen molar-refractivity contribution in [3.05, 3.63) is 63.9 Å². The van der Waals surface area contributed by atoms with Crippen LogP contribution in [0.5, 0.6) is 0 Å². The maximum atomic E-state index is 11.9. The van der Waals surface area contributed by atoms with Crippen LogP contribution in [0.3, 0.4) is 0 Å². The summed E-state index contributed by atoms with van der Waals surface area (Å²) in [7, 11) is 0. The Balaban J connectivity index is 2.02. The molecular weight excluding hydrogens is 301 g/mol. The average Bonchev–Trinajstić information content (AvgIpc) is 2.47. The van der Waals surface area contributed by atoms with Crippen molar-refractivity contribution in [1.29, 1.82) is 0 Å². The van der Waals surface area contributed by atoms with Crippen molar-refractivity contribution in [2.45, 2.75) is 0 Å². The predicted octanol–water partition coefficient (Wildman–Crippen LogP) is 3.43. The molecule has 0 fully saturated rings. The minimum Gasteiger partial charge on any atom is -0.454 e. The lowest BCUT2D eigenvalue weighted by molar-refractivity contribution is 0.0474. The van der Waals surface area contributed by atoms with E-state index >= 15 is 0 Å². The third kappa shape index (κ3) is 3.56. The normalized spacial score (nSPS) is 10.1. The number of hydrogen-bond donors (Lipinski definition) is 0. The minimum atomic E-state index is -0.598. The van der Waals surface area contributed by atoms with E-state index in [2.05, 4.69) is 4.98 Å². The van der Waals surface area contributed by atoms with Crippen molar-refractivity contribution in [1.82, 2.24) is 4.98 Å². The first-order chi connectivity index (χ1) is 9.58. The van der Waals surface area contributed by atoms with Crippen molar-refractivity contribution >= 4 is 35.0 Å². The predicted molar refractivity (Wildman–Crippen MR) is 75.3 cm³/mol. The summed E-state index contributed by atoms with van der Waals surface area (Å²) in [5, 5.41) is 0.651. The number of Topliss-reactive ketones (excluding diaryl/α,β-unsaturated/α-hetero) is 1. The van der Waals surface area contributed by atoms with Gasteiger partial charge in [0.2, 0.25) is 5.78 Å². The maximum absolute atomic E-state index is 11.9. The summed E-state index contributed by atoms with van der Waals surface area (Å²) >= 11 is 11.7. The molecule has 0 bridgehead atoms. The van der Waals surface area contributed by atoms with Crippen LogP contribution in [-0.4, -0.2) is 23.3 Å². The van der Waals surface area contributed by atoms with Gasteiger partial charge in [-0.3, -0.25) is 9.78 Å². The molecule has 0 aliphatic heterocycles.